The first-order chi connectivity index (χ1) is 8.31. The van der Waals surface area contributed by atoms with E-state index in [2.05, 4.69) is 21.9 Å². The zero-order valence-electron chi connectivity index (χ0n) is 10.6. The van der Waals surface area contributed by atoms with Crippen LogP contribution in [0.5, 0.6) is 0 Å². The second kappa shape index (κ2) is 5.96. The summed E-state index contributed by atoms with van der Waals surface area (Å²) in [4.78, 5) is 11.1. The van der Waals surface area contributed by atoms with Crippen LogP contribution in [0.4, 0.5) is 5.95 Å². The minimum atomic E-state index is 0.615. The quantitative estimate of drug-likeness (QED) is 0.862. The van der Waals surface area contributed by atoms with Gasteiger partial charge in [0.05, 0.1) is 0 Å². The molecular formula is C13H22N4. The maximum atomic E-state index is 5.51. The summed E-state index contributed by atoms with van der Waals surface area (Å²) in [6.07, 6.45) is 11.2. The third-order valence-corrected chi connectivity index (χ3v) is 3.56. The van der Waals surface area contributed by atoms with Gasteiger partial charge in [-0.2, -0.15) is 0 Å². The lowest BCUT2D eigenvalue weighted by Gasteiger charge is -2.31. The first-order valence-corrected chi connectivity index (χ1v) is 6.55. The molecule has 0 spiro atoms. The molecule has 0 atom stereocenters. The van der Waals surface area contributed by atoms with Crippen LogP contribution < -0.4 is 10.6 Å². The van der Waals surface area contributed by atoms with E-state index in [1.54, 1.807) is 0 Å². The number of nitrogens with zero attached hydrogens (tertiary/aromatic N) is 3. The molecule has 1 aromatic rings. The molecule has 17 heavy (non-hydrogen) atoms. The van der Waals surface area contributed by atoms with Gasteiger partial charge in [0.2, 0.25) is 5.95 Å². The van der Waals surface area contributed by atoms with Gasteiger partial charge in [-0.25, -0.2) is 9.97 Å². The van der Waals surface area contributed by atoms with E-state index < -0.39 is 0 Å². The summed E-state index contributed by atoms with van der Waals surface area (Å²) in [5, 5.41) is 0. The molecule has 94 valence electrons. The maximum absolute atomic E-state index is 5.51. The van der Waals surface area contributed by atoms with E-state index in [-0.39, 0.29) is 0 Å². The highest BCUT2D eigenvalue weighted by atomic mass is 15.2. The fraction of sp³-hybridized carbons (Fsp3) is 0.692. The van der Waals surface area contributed by atoms with Crippen LogP contribution in [0.1, 0.15) is 37.7 Å². The zero-order valence-corrected chi connectivity index (χ0v) is 10.6. The van der Waals surface area contributed by atoms with Gasteiger partial charge in [0.1, 0.15) is 0 Å². The molecule has 4 heteroatoms. The molecule has 1 aromatic heterocycles. The lowest BCUT2D eigenvalue weighted by atomic mass is 9.95. The summed E-state index contributed by atoms with van der Waals surface area (Å²) >= 11 is 0. The topological polar surface area (TPSA) is 55.0 Å². The fourth-order valence-corrected chi connectivity index (χ4v) is 2.46. The highest BCUT2D eigenvalue weighted by Gasteiger charge is 2.19. The molecule has 4 nitrogen and oxygen atoms in total. The highest BCUT2D eigenvalue weighted by Crippen LogP contribution is 2.23. The molecule has 2 rings (SSSR count). The van der Waals surface area contributed by atoms with Gasteiger partial charge in [-0.15, -0.1) is 0 Å². The normalized spacial score (nSPS) is 17.1. The summed E-state index contributed by atoms with van der Waals surface area (Å²) in [5.41, 5.74) is 6.63. The van der Waals surface area contributed by atoms with E-state index in [0.717, 1.165) is 17.9 Å². The van der Waals surface area contributed by atoms with Crippen molar-refractivity contribution in [3.05, 3.63) is 18.0 Å². The van der Waals surface area contributed by atoms with Crippen molar-refractivity contribution in [3.8, 4) is 0 Å². The van der Waals surface area contributed by atoms with Crippen LogP contribution in [-0.2, 0) is 6.42 Å². The Morgan fingerprint density at radius 1 is 1.24 bits per heavy atom. The zero-order chi connectivity index (χ0) is 12.1. The Morgan fingerprint density at radius 3 is 2.47 bits per heavy atom. The van der Waals surface area contributed by atoms with Gasteiger partial charge in [-0.1, -0.05) is 19.3 Å². The Hall–Kier alpha value is -1.16. The predicted molar refractivity (Wildman–Crippen MR) is 70.1 cm³/mol. The van der Waals surface area contributed by atoms with Gasteiger partial charge in [-0.05, 0) is 31.4 Å². The van der Waals surface area contributed by atoms with Gasteiger partial charge < -0.3 is 10.6 Å². The Balaban J connectivity index is 2.00. The molecular weight excluding hydrogens is 212 g/mol. The summed E-state index contributed by atoms with van der Waals surface area (Å²) < 4.78 is 0. The van der Waals surface area contributed by atoms with Crippen molar-refractivity contribution in [3.63, 3.8) is 0 Å². The number of anilines is 1. The Bertz CT molecular complexity index is 330. The summed E-state index contributed by atoms with van der Waals surface area (Å²) in [5.74, 6) is 0.845. The van der Waals surface area contributed by atoms with Crippen LogP contribution in [0.25, 0.3) is 0 Å². The van der Waals surface area contributed by atoms with Gasteiger partial charge in [-0.3, -0.25) is 0 Å². The maximum Gasteiger partial charge on any atom is 0.225 e. The number of hydrogen-bond donors (Lipinski definition) is 1. The van der Waals surface area contributed by atoms with Crippen molar-refractivity contribution in [2.24, 2.45) is 5.73 Å². The minimum absolute atomic E-state index is 0.615. The van der Waals surface area contributed by atoms with Gasteiger partial charge >= 0.3 is 0 Å². The van der Waals surface area contributed by atoms with E-state index in [4.69, 9.17) is 5.73 Å². The molecule has 2 N–H and O–H groups in total. The van der Waals surface area contributed by atoms with E-state index >= 15 is 0 Å². The van der Waals surface area contributed by atoms with Crippen LogP contribution in [0.2, 0.25) is 0 Å². The van der Waals surface area contributed by atoms with E-state index in [1.807, 2.05) is 12.4 Å². The Morgan fingerprint density at radius 2 is 1.88 bits per heavy atom. The predicted octanol–water partition coefficient (Wildman–Crippen LogP) is 1.75. The lowest BCUT2D eigenvalue weighted by molar-refractivity contribution is 0.424. The SMILES string of the molecule is CN(c1ncc(CCN)cn1)C1CCCCC1. The molecule has 0 aliphatic heterocycles. The average molecular weight is 234 g/mol. The van der Waals surface area contributed by atoms with Crippen LogP contribution in [-0.4, -0.2) is 29.6 Å². The summed E-state index contributed by atoms with van der Waals surface area (Å²) in [7, 11) is 2.11. The average Bonchev–Trinajstić information content (AvgIpc) is 2.40. The van der Waals surface area contributed by atoms with E-state index in [1.165, 1.54) is 32.1 Å². The van der Waals surface area contributed by atoms with Gasteiger partial charge in [0.15, 0.2) is 0 Å². The van der Waals surface area contributed by atoms with Crippen molar-refractivity contribution in [2.75, 3.05) is 18.5 Å². The molecule has 0 unspecified atom stereocenters. The molecule has 1 fully saturated rings. The summed E-state index contributed by atoms with van der Waals surface area (Å²) in [6.45, 7) is 0.654. The Kier molecular flexibility index (Phi) is 4.31. The second-order valence-electron chi connectivity index (χ2n) is 4.83. The molecule has 0 bridgehead atoms. The van der Waals surface area contributed by atoms with Crippen LogP contribution in [0.3, 0.4) is 0 Å². The second-order valence-corrected chi connectivity index (χ2v) is 4.83. The molecule has 0 radical (unpaired) electrons. The van der Waals surface area contributed by atoms with Crippen molar-refractivity contribution in [2.45, 2.75) is 44.6 Å². The van der Waals surface area contributed by atoms with E-state index in [9.17, 15) is 0 Å². The smallest absolute Gasteiger partial charge is 0.225 e. The molecule has 1 aliphatic rings. The third kappa shape index (κ3) is 3.16. The van der Waals surface area contributed by atoms with Crippen LogP contribution in [0, 0.1) is 0 Å². The molecule has 1 heterocycles. The minimum Gasteiger partial charge on any atom is -0.341 e. The summed E-state index contributed by atoms with van der Waals surface area (Å²) in [6, 6.07) is 0.615. The monoisotopic (exact) mass is 234 g/mol. The molecule has 0 aromatic carbocycles. The van der Waals surface area contributed by atoms with Crippen LogP contribution in [0.15, 0.2) is 12.4 Å². The number of aromatic nitrogens is 2. The van der Waals surface area contributed by atoms with E-state index in [0.29, 0.717) is 12.6 Å². The first-order valence-electron chi connectivity index (χ1n) is 6.55. The van der Waals surface area contributed by atoms with Crippen LogP contribution >= 0.6 is 0 Å². The van der Waals surface area contributed by atoms with Crippen molar-refractivity contribution in [1.29, 1.82) is 0 Å². The number of nitrogens with two attached hydrogens (primary N) is 1. The largest absolute Gasteiger partial charge is 0.341 e. The van der Waals surface area contributed by atoms with Crippen molar-refractivity contribution < 1.29 is 0 Å². The third-order valence-electron chi connectivity index (χ3n) is 3.56. The molecule has 0 saturated heterocycles. The number of hydrogen-bond acceptors (Lipinski definition) is 4. The molecule has 0 amide bonds. The molecule has 1 aliphatic carbocycles. The standard InChI is InChI=1S/C13H22N4/c1-17(12-5-3-2-4-6-12)13-15-9-11(7-8-14)10-16-13/h9-10,12H,2-8,14H2,1H3. The Labute approximate surface area is 103 Å². The number of rotatable bonds is 4. The van der Waals surface area contributed by atoms with Crippen molar-refractivity contribution >= 4 is 5.95 Å². The lowest BCUT2D eigenvalue weighted by Crippen LogP contribution is -2.34. The highest BCUT2D eigenvalue weighted by molar-refractivity contribution is 5.30. The van der Waals surface area contributed by atoms with Gasteiger partial charge in [0.25, 0.3) is 0 Å². The van der Waals surface area contributed by atoms with Crippen molar-refractivity contribution in [1.82, 2.24) is 9.97 Å². The first kappa shape index (κ1) is 12.3. The van der Waals surface area contributed by atoms with Gasteiger partial charge in [0, 0.05) is 25.5 Å². The molecule has 1 saturated carbocycles. The fourth-order valence-electron chi connectivity index (χ4n) is 2.46.